The molecule has 25 heavy (non-hydrogen) atoms. The third-order valence-electron chi connectivity index (χ3n) is 4.32. The average molecular weight is 347 g/mol. The van der Waals surface area contributed by atoms with Crippen LogP contribution in [0.15, 0.2) is 60.2 Å². The van der Waals surface area contributed by atoms with Crippen LogP contribution in [0.5, 0.6) is 5.75 Å². The summed E-state index contributed by atoms with van der Waals surface area (Å²) in [6.45, 7) is 4.62. The minimum atomic E-state index is -4.67. The zero-order valence-electron chi connectivity index (χ0n) is 14.0. The van der Waals surface area contributed by atoms with Gasteiger partial charge in [0, 0.05) is 19.6 Å². The fraction of sp³-hybridized carbons (Fsp3) is 0.300. The van der Waals surface area contributed by atoms with Crippen LogP contribution in [0.4, 0.5) is 13.2 Å². The summed E-state index contributed by atoms with van der Waals surface area (Å²) < 4.78 is 41.3. The van der Waals surface area contributed by atoms with E-state index < -0.39 is 6.36 Å². The number of hydrogen-bond donors (Lipinski definition) is 0. The molecule has 1 heterocycles. The summed E-state index contributed by atoms with van der Waals surface area (Å²) in [7, 11) is 0. The van der Waals surface area contributed by atoms with E-state index in [0.29, 0.717) is 0 Å². The van der Waals surface area contributed by atoms with Gasteiger partial charge in [-0.05, 0) is 42.2 Å². The minimum absolute atomic E-state index is 0.169. The molecule has 3 rings (SSSR count). The van der Waals surface area contributed by atoms with Crippen molar-refractivity contribution in [1.82, 2.24) is 4.90 Å². The number of ether oxygens (including phenoxy) is 1. The highest BCUT2D eigenvalue weighted by molar-refractivity contribution is 5.70. The Morgan fingerprint density at radius 2 is 1.80 bits per heavy atom. The van der Waals surface area contributed by atoms with Crippen molar-refractivity contribution in [2.24, 2.45) is 0 Å². The molecule has 1 aliphatic rings. The van der Waals surface area contributed by atoms with E-state index in [9.17, 15) is 13.2 Å². The van der Waals surface area contributed by atoms with Crippen LogP contribution in [0.3, 0.4) is 0 Å². The van der Waals surface area contributed by atoms with Crippen molar-refractivity contribution in [1.29, 1.82) is 0 Å². The number of nitrogens with zero attached hydrogens (tertiary/aromatic N) is 1. The molecule has 0 N–H and O–H groups in total. The first kappa shape index (κ1) is 17.5. The lowest BCUT2D eigenvalue weighted by Crippen LogP contribution is -2.30. The van der Waals surface area contributed by atoms with Crippen LogP contribution >= 0.6 is 0 Å². The molecule has 0 unspecified atom stereocenters. The van der Waals surface area contributed by atoms with Crippen LogP contribution in [-0.4, -0.2) is 24.4 Å². The fourth-order valence-electron chi connectivity index (χ4n) is 3.24. The van der Waals surface area contributed by atoms with Crippen molar-refractivity contribution >= 4 is 5.57 Å². The number of alkyl halides is 3. The maximum Gasteiger partial charge on any atom is 0.573 e. The molecule has 2 aromatic carbocycles. The van der Waals surface area contributed by atoms with E-state index in [4.69, 9.17) is 0 Å². The highest BCUT2D eigenvalue weighted by Gasteiger charge is 2.31. The van der Waals surface area contributed by atoms with Gasteiger partial charge in [0.25, 0.3) is 0 Å². The lowest BCUT2D eigenvalue weighted by molar-refractivity contribution is -0.274. The summed E-state index contributed by atoms with van der Waals surface area (Å²) >= 11 is 0. The van der Waals surface area contributed by atoms with Crippen molar-refractivity contribution in [2.45, 2.75) is 26.3 Å². The number of benzene rings is 2. The van der Waals surface area contributed by atoms with E-state index in [2.05, 4.69) is 21.8 Å². The van der Waals surface area contributed by atoms with Gasteiger partial charge >= 0.3 is 6.36 Å². The van der Waals surface area contributed by atoms with Crippen LogP contribution in [-0.2, 0) is 6.54 Å². The predicted molar refractivity (Wildman–Crippen MR) is 92.1 cm³/mol. The Labute approximate surface area is 145 Å². The van der Waals surface area contributed by atoms with Crippen molar-refractivity contribution in [3.05, 3.63) is 71.3 Å². The maximum absolute atomic E-state index is 12.4. The zero-order chi connectivity index (χ0) is 17.9. The summed E-state index contributed by atoms with van der Waals surface area (Å²) in [6.07, 6.45) is -3.85. The summed E-state index contributed by atoms with van der Waals surface area (Å²) in [5.74, 6) is -0.169. The summed E-state index contributed by atoms with van der Waals surface area (Å²) in [4.78, 5) is 2.35. The molecule has 2 nitrogen and oxygen atoms in total. The first-order chi connectivity index (χ1) is 11.9. The Kier molecular flexibility index (Phi) is 5.13. The van der Waals surface area contributed by atoms with E-state index in [-0.39, 0.29) is 5.75 Å². The molecule has 0 fully saturated rings. The van der Waals surface area contributed by atoms with Gasteiger partial charge in [-0.3, -0.25) is 4.90 Å². The zero-order valence-corrected chi connectivity index (χ0v) is 14.0. The second kappa shape index (κ2) is 7.31. The van der Waals surface area contributed by atoms with E-state index in [1.165, 1.54) is 23.3 Å². The molecule has 1 aliphatic heterocycles. The molecular weight excluding hydrogens is 327 g/mol. The van der Waals surface area contributed by atoms with E-state index >= 15 is 0 Å². The van der Waals surface area contributed by atoms with Gasteiger partial charge in [-0.15, -0.1) is 13.2 Å². The summed E-state index contributed by atoms with van der Waals surface area (Å²) in [5.41, 5.74) is 4.36. The third kappa shape index (κ3) is 4.86. The van der Waals surface area contributed by atoms with E-state index in [1.807, 2.05) is 31.2 Å². The second-order valence-corrected chi connectivity index (χ2v) is 6.28. The lowest BCUT2D eigenvalue weighted by Gasteiger charge is -2.30. The van der Waals surface area contributed by atoms with Gasteiger partial charge in [0.1, 0.15) is 5.75 Å². The SMILES string of the molecule is CC1=C(c2cccc(OC(F)(F)F)c2)CCN(Cc2ccccc2)C1. The number of rotatable bonds is 4. The van der Waals surface area contributed by atoms with Gasteiger partial charge in [-0.25, -0.2) is 0 Å². The van der Waals surface area contributed by atoms with Gasteiger partial charge < -0.3 is 4.74 Å². The third-order valence-corrected chi connectivity index (χ3v) is 4.32. The van der Waals surface area contributed by atoms with Crippen molar-refractivity contribution in [3.63, 3.8) is 0 Å². The first-order valence-electron chi connectivity index (χ1n) is 8.22. The Morgan fingerprint density at radius 1 is 1.04 bits per heavy atom. The second-order valence-electron chi connectivity index (χ2n) is 6.28. The van der Waals surface area contributed by atoms with Gasteiger partial charge in [0.05, 0.1) is 0 Å². The smallest absolute Gasteiger partial charge is 0.406 e. The molecule has 0 atom stereocenters. The Hall–Kier alpha value is -2.27. The molecular formula is C20H20F3NO. The van der Waals surface area contributed by atoms with Gasteiger partial charge in [0.15, 0.2) is 0 Å². The van der Waals surface area contributed by atoms with Crippen molar-refractivity contribution in [2.75, 3.05) is 13.1 Å². The van der Waals surface area contributed by atoms with Crippen molar-refractivity contribution < 1.29 is 17.9 Å². The van der Waals surface area contributed by atoms with Crippen molar-refractivity contribution in [3.8, 4) is 5.75 Å². The average Bonchev–Trinajstić information content (AvgIpc) is 2.54. The minimum Gasteiger partial charge on any atom is -0.406 e. The number of hydrogen-bond acceptors (Lipinski definition) is 2. The highest BCUT2D eigenvalue weighted by Crippen LogP contribution is 2.31. The molecule has 0 saturated carbocycles. The molecule has 0 aromatic heterocycles. The van der Waals surface area contributed by atoms with Crippen LogP contribution < -0.4 is 4.74 Å². The van der Waals surface area contributed by atoms with Crippen LogP contribution in [0, 0.1) is 0 Å². The van der Waals surface area contributed by atoms with E-state index in [1.54, 1.807) is 6.07 Å². The monoisotopic (exact) mass is 347 g/mol. The molecule has 0 spiro atoms. The largest absolute Gasteiger partial charge is 0.573 e. The molecule has 2 aromatic rings. The number of halogens is 3. The Morgan fingerprint density at radius 3 is 2.48 bits per heavy atom. The summed E-state index contributed by atoms with van der Waals surface area (Å²) in [5, 5.41) is 0. The van der Waals surface area contributed by atoms with E-state index in [0.717, 1.165) is 37.2 Å². The summed E-state index contributed by atoms with van der Waals surface area (Å²) in [6, 6.07) is 16.5. The molecule has 0 saturated heterocycles. The normalized spacial score (nSPS) is 16.2. The topological polar surface area (TPSA) is 12.5 Å². The van der Waals surface area contributed by atoms with Gasteiger partial charge in [-0.2, -0.15) is 0 Å². The Bertz CT molecular complexity index is 753. The molecule has 0 amide bonds. The molecule has 132 valence electrons. The maximum atomic E-state index is 12.4. The first-order valence-corrected chi connectivity index (χ1v) is 8.22. The fourth-order valence-corrected chi connectivity index (χ4v) is 3.24. The quantitative estimate of drug-likeness (QED) is 0.747. The Balaban J connectivity index is 1.73. The molecule has 5 heteroatoms. The molecule has 0 bridgehead atoms. The highest BCUT2D eigenvalue weighted by atomic mass is 19.4. The van der Waals surface area contributed by atoms with Crippen LogP contribution in [0.1, 0.15) is 24.5 Å². The molecule has 0 radical (unpaired) electrons. The lowest BCUT2D eigenvalue weighted by atomic mass is 9.94. The molecule has 0 aliphatic carbocycles. The van der Waals surface area contributed by atoms with Crippen LogP contribution in [0.2, 0.25) is 0 Å². The van der Waals surface area contributed by atoms with Gasteiger partial charge in [0.2, 0.25) is 0 Å². The predicted octanol–water partition coefficient (Wildman–Crippen LogP) is 5.26. The van der Waals surface area contributed by atoms with Crippen LogP contribution in [0.25, 0.3) is 5.57 Å². The van der Waals surface area contributed by atoms with Gasteiger partial charge in [-0.1, -0.05) is 48.0 Å². The standard InChI is InChI=1S/C20H20F3NO/c1-15-13-24(14-16-6-3-2-4-7-16)11-10-19(15)17-8-5-9-18(12-17)25-20(21,22)23/h2-9,12H,10-11,13-14H2,1H3.